The van der Waals surface area contributed by atoms with E-state index in [1.54, 1.807) is 6.20 Å². The number of nitrogens with zero attached hydrogens (tertiary/aromatic N) is 4. The zero-order chi connectivity index (χ0) is 28.6. The van der Waals surface area contributed by atoms with Gasteiger partial charge in [0.2, 0.25) is 17.7 Å². The summed E-state index contributed by atoms with van der Waals surface area (Å²) in [5.41, 5.74) is 6.25. The molecule has 1 saturated carbocycles. The van der Waals surface area contributed by atoms with E-state index in [2.05, 4.69) is 20.3 Å². The second kappa shape index (κ2) is 11.2. The number of carboxylic acid groups (broad SMARTS) is 1. The molecule has 3 aromatic heterocycles. The number of hydrogen-bond acceptors (Lipinski definition) is 9. The van der Waals surface area contributed by atoms with Crippen molar-refractivity contribution < 1.29 is 24.2 Å². The summed E-state index contributed by atoms with van der Waals surface area (Å²) in [7, 11) is 0. The molecule has 3 aliphatic rings. The van der Waals surface area contributed by atoms with Gasteiger partial charge in [0.1, 0.15) is 28.1 Å². The van der Waals surface area contributed by atoms with Gasteiger partial charge in [-0.2, -0.15) is 4.98 Å². The molecular formula is C29H32N6O5S. The number of ether oxygens (including phenoxy) is 1. The van der Waals surface area contributed by atoms with Crippen molar-refractivity contribution >= 4 is 39.3 Å². The van der Waals surface area contributed by atoms with Crippen molar-refractivity contribution in [3.8, 4) is 17.4 Å². The summed E-state index contributed by atoms with van der Waals surface area (Å²) in [5.74, 6) is -1.45. The highest BCUT2D eigenvalue weighted by Crippen LogP contribution is 2.45. The molecule has 1 aliphatic carbocycles. The van der Waals surface area contributed by atoms with Crippen LogP contribution in [-0.2, 0) is 14.4 Å². The maximum atomic E-state index is 13.6. The number of nitrogens with two attached hydrogens (primary N) is 1. The van der Waals surface area contributed by atoms with Gasteiger partial charge in [-0.3, -0.25) is 14.6 Å². The van der Waals surface area contributed by atoms with Crippen molar-refractivity contribution in [2.24, 2.45) is 11.7 Å². The Morgan fingerprint density at radius 3 is 2.88 bits per heavy atom. The molecule has 6 rings (SSSR count). The van der Waals surface area contributed by atoms with Crippen molar-refractivity contribution in [2.75, 3.05) is 6.54 Å². The number of rotatable bonds is 4. The molecule has 11 nitrogen and oxygen atoms in total. The Morgan fingerprint density at radius 2 is 2.07 bits per heavy atom. The number of hydrogen-bond donors (Lipinski definition) is 3. The van der Waals surface area contributed by atoms with E-state index in [0.29, 0.717) is 35.8 Å². The molecule has 5 heterocycles. The Kier molecular flexibility index (Phi) is 7.43. The van der Waals surface area contributed by atoms with E-state index < -0.39 is 35.6 Å². The lowest BCUT2D eigenvalue weighted by Crippen LogP contribution is -2.55. The molecule has 0 unspecified atom stereocenters. The molecule has 1 saturated heterocycles. The summed E-state index contributed by atoms with van der Waals surface area (Å²) in [6.07, 6.45) is 9.44. The second-order valence-corrected chi connectivity index (χ2v) is 11.8. The van der Waals surface area contributed by atoms with Crippen molar-refractivity contribution in [3.63, 3.8) is 0 Å². The van der Waals surface area contributed by atoms with Crippen LogP contribution in [0.2, 0.25) is 0 Å². The molecule has 3 aromatic rings. The Labute approximate surface area is 240 Å². The quantitative estimate of drug-likeness (QED) is 0.397. The first-order valence-electron chi connectivity index (χ1n) is 14.0. The number of allylic oxidation sites excluding steroid dienone is 1. The Hall–Kier alpha value is -3.90. The average molecular weight is 577 g/mol. The van der Waals surface area contributed by atoms with Gasteiger partial charge in [0.25, 0.3) is 0 Å². The van der Waals surface area contributed by atoms with Gasteiger partial charge in [0.05, 0.1) is 18.1 Å². The van der Waals surface area contributed by atoms with Crippen LogP contribution in [0.5, 0.6) is 5.88 Å². The van der Waals surface area contributed by atoms with E-state index in [9.17, 15) is 19.5 Å². The summed E-state index contributed by atoms with van der Waals surface area (Å²) in [6.45, 7) is 0.129. The zero-order valence-electron chi connectivity index (χ0n) is 22.4. The van der Waals surface area contributed by atoms with Crippen LogP contribution in [0.4, 0.5) is 0 Å². The molecule has 5 atom stereocenters. The number of fused-ring (bicyclic) bond motifs is 3. The predicted molar refractivity (Wildman–Crippen MR) is 152 cm³/mol. The number of pyridine rings is 1. The number of amides is 2. The fraction of sp³-hybridized carbons (Fsp3) is 0.448. The molecular weight excluding hydrogens is 544 g/mol. The van der Waals surface area contributed by atoms with Crippen LogP contribution in [0.25, 0.3) is 21.7 Å². The average Bonchev–Trinajstić information content (AvgIpc) is 3.27. The number of carbonyl (C=O) groups excluding carboxylic acids is 2. The summed E-state index contributed by atoms with van der Waals surface area (Å²) in [5, 5.41) is 14.7. The molecule has 12 heteroatoms. The van der Waals surface area contributed by atoms with Gasteiger partial charge >= 0.3 is 5.97 Å². The van der Waals surface area contributed by atoms with Crippen LogP contribution in [0, 0.1) is 5.92 Å². The highest BCUT2D eigenvalue weighted by molar-refractivity contribution is 7.17. The fourth-order valence-electron chi connectivity index (χ4n) is 5.73. The van der Waals surface area contributed by atoms with Crippen LogP contribution in [0.1, 0.15) is 44.9 Å². The summed E-state index contributed by atoms with van der Waals surface area (Å²) in [6, 6.07) is 5.68. The standard InChI is InChI=1S/C29H32N6O5S/c30-19-9-5-3-1-2-4-8-17-15-29(17,28(38)39)34-25(36)22-14-18(16-35(22)27(19)37)40-26-23-20(11-13-41-23)32-24(33-26)21-10-6-7-12-31-21/h4,6-8,10-13,17-19,22H,1-3,5,9,14-16,30H2,(H,34,36)(H,38,39)/t17-,18-,19+,22+,29-/m1/s1. The Balaban J connectivity index is 1.29. The number of aliphatic carboxylic acids is 1. The van der Waals surface area contributed by atoms with E-state index >= 15 is 0 Å². The maximum Gasteiger partial charge on any atom is 0.330 e. The molecule has 0 bridgehead atoms. The summed E-state index contributed by atoms with van der Waals surface area (Å²) < 4.78 is 7.13. The maximum absolute atomic E-state index is 13.6. The van der Waals surface area contributed by atoms with E-state index in [1.165, 1.54) is 16.2 Å². The van der Waals surface area contributed by atoms with Gasteiger partial charge in [-0.05, 0) is 49.3 Å². The molecule has 2 aliphatic heterocycles. The van der Waals surface area contributed by atoms with Crippen LogP contribution in [0.15, 0.2) is 48.0 Å². The number of carboxylic acids is 1. The number of aromatic nitrogens is 3. The highest BCUT2D eigenvalue weighted by atomic mass is 32.1. The molecule has 2 amide bonds. The monoisotopic (exact) mass is 576 g/mol. The van der Waals surface area contributed by atoms with Crippen LogP contribution < -0.4 is 15.8 Å². The largest absolute Gasteiger partial charge is 0.479 e. The fourth-order valence-corrected chi connectivity index (χ4v) is 6.49. The third-order valence-corrected chi connectivity index (χ3v) is 9.00. The van der Waals surface area contributed by atoms with Crippen molar-refractivity contribution in [1.29, 1.82) is 0 Å². The first-order chi connectivity index (χ1) is 19.9. The SMILES string of the molecule is N[C@H]1CCCCCC=C[C@@H]2C[C@@]2(C(=O)O)NC(=O)[C@@H]2C[C@@H](Oc3nc(-c4ccccn4)nc4ccsc34)CN2C1=O. The topological polar surface area (TPSA) is 161 Å². The lowest BCUT2D eigenvalue weighted by molar-refractivity contribution is -0.145. The summed E-state index contributed by atoms with van der Waals surface area (Å²) >= 11 is 1.44. The van der Waals surface area contributed by atoms with Crippen LogP contribution in [-0.4, -0.2) is 73.0 Å². The molecule has 4 N–H and O–H groups in total. The molecule has 0 radical (unpaired) electrons. The van der Waals surface area contributed by atoms with Crippen LogP contribution in [0.3, 0.4) is 0 Å². The molecule has 41 heavy (non-hydrogen) atoms. The number of nitrogens with one attached hydrogen (secondary N) is 1. The van der Waals surface area contributed by atoms with Gasteiger partial charge in [-0.25, -0.2) is 9.78 Å². The Bertz CT molecular complexity index is 1500. The normalized spacial score (nSPS) is 28.8. The van der Waals surface area contributed by atoms with Gasteiger partial charge in [0, 0.05) is 18.5 Å². The highest BCUT2D eigenvalue weighted by Gasteiger charge is 2.61. The lowest BCUT2D eigenvalue weighted by Gasteiger charge is -2.27. The van der Waals surface area contributed by atoms with E-state index in [1.807, 2.05) is 41.8 Å². The zero-order valence-corrected chi connectivity index (χ0v) is 23.3. The first kappa shape index (κ1) is 27.3. The minimum Gasteiger partial charge on any atom is -0.479 e. The molecule has 0 aromatic carbocycles. The van der Waals surface area contributed by atoms with Crippen molar-refractivity contribution in [2.45, 2.75) is 68.7 Å². The minimum absolute atomic E-state index is 0.129. The lowest BCUT2D eigenvalue weighted by atomic mass is 10.1. The molecule has 0 spiro atoms. The molecule has 2 fully saturated rings. The first-order valence-corrected chi connectivity index (χ1v) is 14.8. The van der Waals surface area contributed by atoms with Gasteiger partial charge in [0.15, 0.2) is 5.82 Å². The second-order valence-electron chi connectivity index (χ2n) is 10.9. The minimum atomic E-state index is -1.36. The van der Waals surface area contributed by atoms with Gasteiger partial charge < -0.3 is 25.8 Å². The Morgan fingerprint density at radius 1 is 1.20 bits per heavy atom. The smallest absolute Gasteiger partial charge is 0.330 e. The van der Waals surface area contributed by atoms with Gasteiger partial charge in [-0.15, -0.1) is 11.3 Å². The third kappa shape index (κ3) is 5.41. The molecule has 214 valence electrons. The van der Waals surface area contributed by atoms with E-state index in [4.69, 9.17) is 10.5 Å². The van der Waals surface area contributed by atoms with Crippen LogP contribution >= 0.6 is 11.3 Å². The number of carbonyl (C=O) groups is 3. The predicted octanol–water partition coefficient (Wildman–Crippen LogP) is 2.91. The van der Waals surface area contributed by atoms with Crippen molar-refractivity contribution in [3.05, 3.63) is 48.0 Å². The third-order valence-electron chi connectivity index (χ3n) is 8.11. The summed E-state index contributed by atoms with van der Waals surface area (Å²) in [4.78, 5) is 54.5. The van der Waals surface area contributed by atoms with E-state index in [0.717, 1.165) is 30.4 Å². The van der Waals surface area contributed by atoms with E-state index in [-0.39, 0.29) is 24.8 Å². The van der Waals surface area contributed by atoms with Crippen molar-refractivity contribution in [1.82, 2.24) is 25.2 Å². The van der Waals surface area contributed by atoms with Gasteiger partial charge in [-0.1, -0.05) is 31.1 Å². The number of thiophene rings is 1.